The van der Waals surface area contributed by atoms with Crippen LogP contribution in [0.25, 0.3) is 89.4 Å². The number of para-hydroxylation sites is 2. The molecule has 3 aromatic heterocycles. The average molecular weight is 643 g/mol. The minimum atomic E-state index is -0.135. The van der Waals surface area contributed by atoms with E-state index in [-0.39, 0.29) is 5.41 Å². The molecule has 0 unspecified atom stereocenters. The van der Waals surface area contributed by atoms with Crippen molar-refractivity contribution in [3.05, 3.63) is 157 Å². The summed E-state index contributed by atoms with van der Waals surface area (Å²) in [4.78, 5) is 20.5. The predicted octanol–water partition coefficient (Wildman–Crippen LogP) is 11.3. The van der Waals surface area contributed by atoms with Crippen LogP contribution in [0.3, 0.4) is 0 Å². The molecule has 3 heterocycles. The zero-order chi connectivity index (χ0) is 33.4. The van der Waals surface area contributed by atoms with Gasteiger partial charge in [-0.1, -0.05) is 129 Å². The number of benzene rings is 6. The highest BCUT2D eigenvalue weighted by molar-refractivity contribution is 6.19. The lowest BCUT2D eigenvalue weighted by atomic mass is 9.82. The Morgan fingerprint density at radius 1 is 0.460 bits per heavy atom. The van der Waals surface area contributed by atoms with Gasteiger partial charge < -0.3 is 4.42 Å². The summed E-state index contributed by atoms with van der Waals surface area (Å²) in [6.07, 6.45) is 0. The minimum absolute atomic E-state index is 0.135. The van der Waals surface area contributed by atoms with Crippen molar-refractivity contribution in [2.24, 2.45) is 0 Å². The lowest BCUT2D eigenvalue weighted by Gasteiger charge is -2.21. The van der Waals surface area contributed by atoms with E-state index in [0.717, 1.165) is 60.8 Å². The maximum absolute atomic E-state index is 6.47. The molecule has 0 spiro atoms. The molecule has 236 valence electrons. The molecule has 6 aromatic carbocycles. The Hall–Kier alpha value is -6.46. The molecule has 0 saturated carbocycles. The second-order valence-corrected chi connectivity index (χ2v) is 13.5. The molecule has 10 rings (SSSR count). The summed E-state index contributed by atoms with van der Waals surface area (Å²) in [6.45, 7) is 4.59. The van der Waals surface area contributed by atoms with E-state index in [2.05, 4.69) is 92.7 Å². The molecular weight excluding hydrogens is 613 g/mol. The fourth-order valence-corrected chi connectivity index (χ4v) is 7.62. The Morgan fingerprint density at radius 2 is 1.08 bits per heavy atom. The third kappa shape index (κ3) is 4.33. The molecule has 5 heteroatoms. The van der Waals surface area contributed by atoms with Gasteiger partial charge in [-0.2, -0.15) is 0 Å². The van der Waals surface area contributed by atoms with Crippen LogP contribution in [-0.4, -0.2) is 19.9 Å². The number of nitrogens with zero attached hydrogens (tertiary/aromatic N) is 4. The molecule has 1 aliphatic rings. The summed E-state index contributed by atoms with van der Waals surface area (Å²) < 4.78 is 6.47. The Bertz CT molecular complexity index is 2800. The predicted molar refractivity (Wildman–Crippen MR) is 202 cm³/mol. The first-order valence-corrected chi connectivity index (χ1v) is 16.9. The quantitative estimate of drug-likeness (QED) is 0.191. The largest absolute Gasteiger partial charge is 0.455 e. The minimum Gasteiger partial charge on any atom is -0.455 e. The smallest absolute Gasteiger partial charge is 0.164 e. The molecular formula is C45H30N4O. The first-order chi connectivity index (χ1) is 24.5. The lowest BCUT2D eigenvalue weighted by Crippen LogP contribution is -2.15. The van der Waals surface area contributed by atoms with Crippen LogP contribution < -0.4 is 0 Å². The summed E-state index contributed by atoms with van der Waals surface area (Å²) in [5, 5.41) is 3.03. The van der Waals surface area contributed by atoms with E-state index in [1.807, 2.05) is 66.7 Å². The molecule has 0 fully saturated rings. The zero-order valence-corrected chi connectivity index (χ0v) is 27.6. The van der Waals surface area contributed by atoms with E-state index in [1.54, 1.807) is 0 Å². The van der Waals surface area contributed by atoms with Crippen molar-refractivity contribution in [1.29, 1.82) is 0 Å². The molecule has 1 aliphatic carbocycles. The zero-order valence-electron chi connectivity index (χ0n) is 27.6. The van der Waals surface area contributed by atoms with Crippen molar-refractivity contribution in [3.63, 3.8) is 0 Å². The van der Waals surface area contributed by atoms with Crippen LogP contribution in [0.1, 0.15) is 25.0 Å². The van der Waals surface area contributed by atoms with Crippen LogP contribution in [0.5, 0.6) is 0 Å². The SMILES string of the molecule is CC1(C)c2ccccc2-c2ccc(-c3nc(-c4ccccc4)nc(-c4cccc(-c5nc6ccccc6c6oc7ccccc7c56)c4)n3)cc21. The number of furan rings is 1. The number of hydrogen-bond acceptors (Lipinski definition) is 5. The highest BCUT2D eigenvalue weighted by atomic mass is 16.3. The van der Waals surface area contributed by atoms with Crippen molar-refractivity contribution in [3.8, 4) is 56.5 Å². The summed E-state index contributed by atoms with van der Waals surface area (Å²) in [5.74, 6) is 1.87. The van der Waals surface area contributed by atoms with Gasteiger partial charge >= 0.3 is 0 Å². The molecule has 0 radical (unpaired) electrons. The fourth-order valence-electron chi connectivity index (χ4n) is 7.62. The highest BCUT2D eigenvalue weighted by Crippen LogP contribution is 2.49. The third-order valence-electron chi connectivity index (χ3n) is 10.1. The average Bonchev–Trinajstić information content (AvgIpc) is 3.67. The summed E-state index contributed by atoms with van der Waals surface area (Å²) in [6, 6.07) is 50.1. The van der Waals surface area contributed by atoms with Gasteiger partial charge in [0.25, 0.3) is 0 Å². The Labute approximate surface area is 289 Å². The molecule has 0 amide bonds. The van der Waals surface area contributed by atoms with Crippen LogP contribution >= 0.6 is 0 Å². The summed E-state index contributed by atoms with van der Waals surface area (Å²) in [7, 11) is 0. The molecule has 50 heavy (non-hydrogen) atoms. The number of rotatable bonds is 4. The molecule has 0 saturated heterocycles. The highest BCUT2D eigenvalue weighted by Gasteiger charge is 2.35. The molecule has 0 bridgehead atoms. The number of fused-ring (bicyclic) bond motifs is 8. The van der Waals surface area contributed by atoms with Gasteiger partial charge in [0.1, 0.15) is 11.2 Å². The number of aromatic nitrogens is 4. The number of hydrogen-bond donors (Lipinski definition) is 0. The fraction of sp³-hybridized carbons (Fsp3) is 0.0667. The first-order valence-electron chi connectivity index (χ1n) is 16.9. The van der Waals surface area contributed by atoms with Gasteiger partial charge in [0, 0.05) is 38.4 Å². The molecule has 0 atom stereocenters. The standard InChI is InChI=1S/C45H30N4O/c1-45(2)35-20-9-6-17-31(35)32-24-23-30(26-36(32)45)44-48-42(27-13-4-3-5-14-27)47-43(49-44)29-16-12-15-28(25-29)40-39-34-19-8-11-22-38(34)50-41(39)33-18-7-10-21-37(33)46-40/h3-26H,1-2H3. The van der Waals surface area contributed by atoms with Gasteiger partial charge in [0.15, 0.2) is 17.5 Å². The van der Waals surface area contributed by atoms with E-state index < -0.39 is 0 Å². The molecule has 9 aromatic rings. The van der Waals surface area contributed by atoms with E-state index in [9.17, 15) is 0 Å². The van der Waals surface area contributed by atoms with Gasteiger partial charge in [-0.15, -0.1) is 0 Å². The lowest BCUT2D eigenvalue weighted by molar-refractivity contribution is 0.660. The second kappa shape index (κ2) is 10.8. The van der Waals surface area contributed by atoms with Crippen molar-refractivity contribution in [1.82, 2.24) is 19.9 Å². The molecule has 0 aliphatic heterocycles. The van der Waals surface area contributed by atoms with Crippen LogP contribution in [-0.2, 0) is 5.41 Å². The normalized spacial score (nSPS) is 13.2. The topological polar surface area (TPSA) is 64.7 Å². The maximum Gasteiger partial charge on any atom is 0.164 e. The summed E-state index contributed by atoms with van der Waals surface area (Å²) in [5.41, 5.74) is 12.2. The van der Waals surface area contributed by atoms with Gasteiger partial charge in [-0.05, 0) is 52.6 Å². The first kappa shape index (κ1) is 28.5. The Kier molecular flexibility index (Phi) is 6.15. The van der Waals surface area contributed by atoms with Crippen molar-refractivity contribution in [2.45, 2.75) is 19.3 Å². The van der Waals surface area contributed by atoms with E-state index in [0.29, 0.717) is 17.5 Å². The molecule has 5 nitrogen and oxygen atoms in total. The Morgan fingerprint density at radius 3 is 1.92 bits per heavy atom. The van der Waals surface area contributed by atoms with Crippen molar-refractivity contribution >= 4 is 32.8 Å². The third-order valence-corrected chi connectivity index (χ3v) is 10.1. The number of pyridine rings is 1. The van der Waals surface area contributed by atoms with Crippen molar-refractivity contribution < 1.29 is 4.42 Å². The van der Waals surface area contributed by atoms with Gasteiger partial charge in [0.2, 0.25) is 0 Å². The Balaban J connectivity index is 1.16. The monoisotopic (exact) mass is 642 g/mol. The van der Waals surface area contributed by atoms with Crippen molar-refractivity contribution in [2.75, 3.05) is 0 Å². The van der Waals surface area contributed by atoms with Crippen LogP contribution in [0.15, 0.2) is 150 Å². The molecule has 0 N–H and O–H groups in total. The maximum atomic E-state index is 6.47. The van der Waals surface area contributed by atoms with E-state index in [1.165, 1.54) is 22.3 Å². The second-order valence-electron chi connectivity index (χ2n) is 13.5. The van der Waals surface area contributed by atoms with Gasteiger partial charge in [-0.25, -0.2) is 19.9 Å². The van der Waals surface area contributed by atoms with E-state index in [4.69, 9.17) is 24.4 Å². The summed E-state index contributed by atoms with van der Waals surface area (Å²) >= 11 is 0. The van der Waals surface area contributed by atoms with Gasteiger partial charge in [0.05, 0.1) is 16.6 Å². The van der Waals surface area contributed by atoms with Gasteiger partial charge in [-0.3, -0.25) is 0 Å². The van der Waals surface area contributed by atoms with Crippen LogP contribution in [0.4, 0.5) is 0 Å². The van der Waals surface area contributed by atoms with Crippen LogP contribution in [0, 0.1) is 0 Å². The van der Waals surface area contributed by atoms with E-state index >= 15 is 0 Å². The van der Waals surface area contributed by atoms with Crippen LogP contribution in [0.2, 0.25) is 0 Å².